The van der Waals surface area contributed by atoms with Crippen molar-refractivity contribution in [2.45, 2.75) is 38.5 Å². The van der Waals surface area contributed by atoms with Crippen LogP contribution in [0.1, 0.15) is 38.5 Å². The molecule has 70 valence electrons. The van der Waals surface area contributed by atoms with Gasteiger partial charge in [-0.05, 0) is 19.4 Å². The van der Waals surface area contributed by atoms with Crippen LogP contribution < -0.4 is 5.73 Å². The van der Waals surface area contributed by atoms with E-state index in [4.69, 9.17) is 17.3 Å². The normalized spacial score (nSPS) is 9.27. The van der Waals surface area contributed by atoms with Gasteiger partial charge in [-0.1, -0.05) is 25.7 Å². The maximum Gasteiger partial charge on any atom is 0.0223 e. The van der Waals surface area contributed by atoms with E-state index >= 15 is 0 Å². The zero-order chi connectivity index (χ0) is 7.66. The van der Waals surface area contributed by atoms with Crippen molar-refractivity contribution < 1.29 is 5.48 Å². The van der Waals surface area contributed by atoms with Gasteiger partial charge in [-0.15, -0.1) is 11.6 Å². The second-order valence-electron chi connectivity index (χ2n) is 2.60. The summed E-state index contributed by atoms with van der Waals surface area (Å²) in [6.07, 6.45) is 7.58. The van der Waals surface area contributed by atoms with Crippen LogP contribution in [0.15, 0.2) is 0 Å². The summed E-state index contributed by atoms with van der Waals surface area (Å²) in [4.78, 5) is 0. The predicted molar refractivity (Wildman–Crippen MR) is 51.1 cm³/mol. The highest BCUT2D eigenvalue weighted by atomic mass is 35.5. The molecule has 0 amide bonds. The Morgan fingerprint density at radius 1 is 0.818 bits per heavy atom. The molecule has 0 radical (unpaired) electrons. The smallest absolute Gasteiger partial charge is 0.0223 e. The molecule has 2 nitrogen and oxygen atoms in total. The third-order valence-electron chi connectivity index (χ3n) is 1.59. The Hall–Kier alpha value is 0.210. The van der Waals surface area contributed by atoms with Crippen LogP contribution in [0, 0.1) is 0 Å². The minimum Gasteiger partial charge on any atom is -0.412 e. The van der Waals surface area contributed by atoms with Gasteiger partial charge in [-0.25, -0.2) is 0 Å². The Morgan fingerprint density at radius 3 is 1.73 bits per heavy atom. The first-order valence-corrected chi connectivity index (χ1v) is 4.71. The molecule has 0 heterocycles. The molecule has 0 unspecified atom stereocenters. The Kier molecular flexibility index (Phi) is 16.1. The average molecular weight is 182 g/mol. The number of rotatable bonds is 7. The molecule has 11 heavy (non-hydrogen) atoms. The van der Waals surface area contributed by atoms with Crippen LogP contribution >= 0.6 is 11.6 Å². The van der Waals surface area contributed by atoms with E-state index in [0.717, 1.165) is 12.4 Å². The number of nitrogens with two attached hydrogens (primary N) is 1. The second kappa shape index (κ2) is 12.8. The second-order valence-corrected chi connectivity index (χ2v) is 2.98. The first-order valence-electron chi connectivity index (χ1n) is 4.18. The highest BCUT2D eigenvalue weighted by Crippen LogP contribution is 2.04. The molecule has 0 fully saturated rings. The minimum atomic E-state index is 0. The largest absolute Gasteiger partial charge is 0.412 e. The summed E-state index contributed by atoms with van der Waals surface area (Å²) in [7, 11) is 0. The fourth-order valence-corrected chi connectivity index (χ4v) is 1.13. The van der Waals surface area contributed by atoms with E-state index in [9.17, 15) is 0 Å². The summed E-state index contributed by atoms with van der Waals surface area (Å²) in [5.74, 6) is 0.816. The number of alkyl halides is 1. The summed E-state index contributed by atoms with van der Waals surface area (Å²) in [6, 6.07) is 0. The van der Waals surface area contributed by atoms with Crippen LogP contribution in [-0.2, 0) is 0 Å². The van der Waals surface area contributed by atoms with E-state index in [1.807, 2.05) is 0 Å². The molecule has 4 N–H and O–H groups in total. The topological polar surface area (TPSA) is 57.5 Å². The molecule has 0 aliphatic rings. The van der Waals surface area contributed by atoms with Crippen molar-refractivity contribution in [1.82, 2.24) is 0 Å². The Labute approximate surface area is 74.4 Å². The molecule has 0 saturated heterocycles. The third-order valence-corrected chi connectivity index (χ3v) is 1.86. The number of hydrogen-bond donors (Lipinski definition) is 1. The highest BCUT2D eigenvalue weighted by molar-refractivity contribution is 6.17. The van der Waals surface area contributed by atoms with E-state index < -0.39 is 0 Å². The number of hydrogen-bond acceptors (Lipinski definition) is 1. The SMILES string of the molecule is NCCCCCCCCCl.O. The maximum absolute atomic E-state index is 5.52. The maximum atomic E-state index is 5.52. The zero-order valence-electron chi connectivity index (χ0n) is 7.11. The van der Waals surface area contributed by atoms with E-state index in [-0.39, 0.29) is 5.48 Å². The van der Waals surface area contributed by atoms with Crippen molar-refractivity contribution in [2.24, 2.45) is 5.73 Å². The molecule has 0 aromatic rings. The van der Waals surface area contributed by atoms with Gasteiger partial charge in [0, 0.05) is 5.88 Å². The van der Waals surface area contributed by atoms with E-state index in [2.05, 4.69) is 0 Å². The highest BCUT2D eigenvalue weighted by Gasteiger charge is 1.88. The summed E-state index contributed by atoms with van der Waals surface area (Å²) >= 11 is 5.52. The molecule has 0 atom stereocenters. The van der Waals surface area contributed by atoms with Crippen molar-refractivity contribution in [3.8, 4) is 0 Å². The van der Waals surface area contributed by atoms with Crippen molar-refractivity contribution in [3.63, 3.8) is 0 Å². The van der Waals surface area contributed by atoms with E-state index in [0.29, 0.717) is 0 Å². The van der Waals surface area contributed by atoms with E-state index in [1.165, 1.54) is 38.5 Å². The predicted octanol–water partition coefficient (Wildman–Crippen LogP) is 1.70. The minimum absolute atomic E-state index is 0. The van der Waals surface area contributed by atoms with Gasteiger partial charge in [0.2, 0.25) is 0 Å². The number of unbranched alkanes of at least 4 members (excludes halogenated alkanes) is 5. The van der Waals surface area contributed by atoms with Gasteiger partial charge < -0.3 is 11.2 Å². The van der Waals surface area contributed by atoms with Crippen LogP contribution in [0.5, 0.6) is 0 Å². The van der Waals surface area contributed by atoms with Gasteiger partial charge in [-0.2, -0.15) is 0 Å². The lowest BCUT2D eigenvalue weighted by molar-refractivity contribution is 0.613. The molecule has 0 aliphatic carbocycles. The van der Waals surface area contributed by atoms with Crippen LogP contribution in [0.3, 0.4) is 0 Å². The molecule has 0 aromatic heterocycles. The molecule has 0 aliphatic heterocycles. The fraction of sp³-hybridized carbons (Fsp3) is 1.00. The van der Waals surface area contributed by atoms with Crippen LogP contribution in [-0.4, -0.2) is 17.9 Å². The van der Waals surface area contributed by atoms with Gasteiger partial charge in [0.15, 0.2) is 0 Å². The summed E-state index contributed by atoms with van der Waals surface area (Å²) in [5, 5.41) is 0. The summed E-state index contributed by atoms with van der Waals surface area (Å²) < 4.78 is 0. The standard InChI is InChI=1S/C8H18ClN.H2O/c9-7-5-3-1-2-4-6-8-10;/h1-8,10H2;1H2. The molecule has 3 heteroatoms. The Bertz CT molecular complexity index is 54.1. The fourth-order valence-electron chi connectivity index (χ4n) is 0.946. The van der Waals surface area contributed by atoms with Crippen molar-refractivity contribution in [2.75, 3.05) is 12.4 Å². The molecule has 0 rings (SSSR count). The zero-order valence-corrected chi connectivity index (χ0v) is 7.87. The quantitative estimate of drug-likeness (QED) is 0.472. The average Bonchev–Trinajstić information content (AvgIpc) is 1.97. The molecule has 0 bridgehead atoms. The van der Waals surface area contributed by atoms with Crippen LogP contribution in [0.4, 0.5) is 0 Å². The molecular formula is C8H20ClNO. The van der Waals surface area contributed by atoms with Gasteiger partial charge in [0.25, 0.3) is 0 Å². The molecule has 0 aromatic carbocycles. The van der Waals surface area contributed by atoms with Gasteiger partial charge in [0.1, 0.15) is 0 Å². The first kappa shape index (κ1) is 13.8. The van der Waals surface area contributed by atoms with Crippen molar-refractivity contribution in [3.05, 3.63) is 0 Å². The van der Waals surface area contributed by atoms with Gasteiger partial charge in [-0.3, -0.25) is 0 Å². The monoisotopic (exact) mass is 181 g/mol. The Balaban J connectivity index is 0. The molecule has 0 spiro atoms. The van der Waals surface area contributed by atoms with Crippen molar-refractivity contribution in [1.29, 1.82) is 0 Å². The Morgan fingerprint density at radius 2 is 1.27 bits per heavy atom. The molecular weight excluding hydrogens is 162 g/mol. The number of halogens is 1. The summed E-state index contributed by atoms with van der Waals surface area (Å²) in [6.45, 7) is 0.843. The lowest BCUT2D eigenvalue weighted by atomic mass is 10.1. The first-order chi connectivity index (χ1) is 4.91. The molecule has 0 saturated carbocycles. The van der Waals surface area contributed by atoms with Crippen LogP contribution in [0.25, 0.3) is 0 Å². The lowest BCUT2D eigenvalue weighted by Gasteiger charge is -1.97. The van der Waals surface area contributed by atoms with Gasteiger partial charge in [0.05, 0.1) is 0 Å². The third kappa shape index (κ3) is 13.2. The van der Waals surface area contributed by atoms with Crippen LogP contribution in [0.2, 0.25) is 0 Å². The van der Waals surface area contributed by atoms with Crippen molar-refractivity contribution >= 4 is 11.6 Å². The summed E-state index contributed by atoms with van der Waals surface area (Å²) in [5.41, 5.74) is 5.35. The van der Waals surface area contributed by atoms with Gasteiger partial charge >= 0.3 is 0 Å². The van der Waals surface area contributed by atoms with E-state index in [1.54, 1.807) is 0 Å². The lowest BCUT2D eigenvalue weighted by Crippen LogP contribution is -1.97.